The molecule has 0 aliphatic heterocycles. The zero-order valence-electron chi connectivity index (χ0n) is 66.3. The van der Waals surface area contributed by atoms with Crippen LogP contribution in [-0.2, 0) is 65.4 Å². The van der Waals surface area contributed by atoms with Gasteiger partial charge in [-0.25, -0.2) is 9.13 Å². The molecule has 0 rings (SSSR count). The molecule has 0 amide bonds. The number of phosphoric ester groups is 2. The number of ether oxygens (including phenoxy) is 4. The molecule has 3 N–H and O–H groups in total. The maximum atomic E-state index is 13.1. The van der Waals surface area contributed by atoms with Gasteiger partial charge < -0.3 is 33.8 Å². The lowest BCUT2D eigenvalue weighted by atomic mass is 10.1. The van der Waals surface area contributed by atoms with Gasteiger partial charge in [-0.3, -0.25) is 37.3 Å². The van der Waals surface area contributed by atoms with Crippen LogP contribution in [0.4, 0.5) is 0 Å². The van der Waals surface area contributed by atoms with E-state index in [2.05, 4.69) is 174 Å². The monoisotopic (exact) mass is 1530 g/mol. The first-order valence-corrected chi connectivity index (χ1v) is 44.1. The van der Waals surface area contributed by atoms with E-state index in [0.29, 0.717) is 25.7 Å². The molecule has 0 aromatic rings. The maximum absolute atomic E-state index is 13.1. The van der Waals surface area contributed by atoms with Gasteiger partial charge in [-0.15, -0.1) is 0 Å². The Morgan fingerprint density at radius 1 is 0.274 bits per heavy atom. The Bertz CT molecular complexity index is 2580. The number of aliphatic hydroxyl groups excluding tert-OH is 1. The van der Waals surface area contributed by atoms with E-state index in [0.717, 1.165) is 199 Å². The molecule has 0 spiro atoms. The fraction of sp³-hybridized carbons (Fsp3) is 0.678. The Balaban J connectivity index is 5.42. The largest absolute Gasteiger partial charge is 0.472 e. The van der Waals surface area contributed by atoms with Crippen LogP contribution < -0.4 is 0 Å². The highest BCUT2D eigenvalue weighted by atomic mass is 31.2. The lowest BCUT2D eigenvalue weighted by Gasteiger charge is -2.21. The van der Waals surface area contributed by atoms with Gasteiger partial charge in [-0.1, -0.05) is 276 Å². The fourth-order valence-corrected chi connectivity index (χ4v) is 12.1. The van der Waals surface area contributed by atoms with Gasteiger partial charge in [0.05, 0.1) is 26.4 Å². The summed E-state index contributed by atoms with van der Waals surface area (Å²) < 4.78 is 68.6. The normalized spacial score (nSPS) is 14.6. The van der Waals surface area contributed by atoms with Gasteiger partial charge in [0.1, 0.15) is 19.3 Å². The fourth-order valence-electron chi connectivity index (χ4n) is 10.6. The predicted octanol–water partition coefficient (Wildman–Crippen LogP) is 24.2. The highest BCUT2D eigenvalue weighted by Crippen LogP contribution is 2.45. The van der Waals surface area contributed by atoms with Crippen LogP contribution in [0.15, 0.2) is 146 Å². The highest BCUT2D eigenvalue weighted by molar-refractivity contribution is 7.47. The number of carbonyl (C=O) groups is 4. The number of hydrogen-bond acceptors (Lipinski definition) is 15. The summed E-state index contributed by atoms with van der Waals surface area (Å²) in [6, 6.07) is 0. The number of hydrogen-bond donors (Lipinski definition) is 3. The van der Waals surface area contributed by atoms with Crippen molar-refractivity contribution in [1.82, 2.24) is 0 Å². The van der Waals surface area contributed by atoms with E-state index in [9.17, 15) is 43.2 Å². The molecule has 17 nitrogen and oxygen atoms in total. The minimum Gasteiger partial charge on any atom is -0.462 e. The lowest BCUT2D eigenvalue weighted by Crippen LogP contribution is -2.30. The van der Waals surface area contributed by atoms with E-state index >= 15 is 0 Å². The molecule has 0 aromatic carbocycles. The minimum atomic E-state index is -5.00. The van der Waals surface area contributed by atoms with E-state index in [1.807, 2.05) is 0 Å². The van der Waals surface area contributed by atoms with E-state index in [-0.39, 0.29) is 25.7 Å². The standard InChI is InChI=1S/C87H146O17P2/c1-5-9-13-17-21-25-29-33-36-39-40-43-45-49-52-56-60-64-68-72-85(90)98-78-83(104-87(92)74-70-66-62-58-54-50-46-42-38-35-31-27-23-19-15-11-7-3)80-102-106(95,96)100-76-81(88)75-99-105(93,94)101-79-82(103-86(91)73-69-65-61-57-53-47-32-28-24-20-16-12-8-4)77-97-84(89)71-67-63-59-55-51-48-44-41-37-34-30-26-22-18-14-10-6-2/h10-11,14-15,21-23,25-28,32-38,40,43-44,46,48,50,81-83,88H,5-9,12-13,16-20,24,29-31,39,41-42,45,47,49,51-80H2,1-4H3,(H,93,94)(H,95,96)/b14-10-,15-11-,25-21-,26-22-,27-23-,32-28-,36-33-,37-34-,38-35-,43-40-,48-44-,50-46-. The molecule has 0 heterocycles. The Kier molecular flexibility index (Phi) is 74.3. The summed E-state index contributed by atoms with van der Waals surface area (Å²) in [5, 5.41) is 10.7. The quantitative estimate of drug-likeness (QED) is 0.0169. The van der Waals surface area contributed by atoms with Gasteiger partial charge in [0.25, 0.3) is 0 Å². The minimum absolute atomic E-state index is 0.0595. The van der Waals surface area contributed by atoms with Crippen LogP contribution in [0.1, 0.15) is 323 Å². The Morgan fingerprint density at radius 3 is 0.783 bits per heavy atom. The van der Waals surface area contributed by atoms with Crippen LogP contribution in [0, 0.1) is 0 Å². The second-order valence-electron chi connectivity index (χ2n) is 26.9. The van der Waals surface area contributed by atoms with Crippen molar-refractivity contribution < 1.29 is 80.2 Å². The second kappa shape index (κ2) is 78.1. The van der Waals surface area contributed by atoms with Crippen molar-refractivity contribution in [1.29, 1.82) is 0 Å². The summed E-state index contributed by atoms with van der Waals surface area (Å²) in [4.78, 5) is 73.1. The number of rotatable bonds is 76. The van der Waals surface area contributed by atoms with Crippen molar-refractivity contribution in [2.24, 2.45) is 0 Å². The maximum Gasteiger partial charge on any atom is 0.472 e. The summed E-state index contributed by atoms with van der Waals surface area (Å²) in [6.07, 6.45) is 89.6. The van der Waals surface area contributed by atoms with Crippen LogP contribution in [0.2, 0.25) is 0 Å². The number of esters is 4. The van der Waals surface area contributed by atoms with Crippen molar-refractivity contribution in [2.75, 3.05) is 39.6 Å². The van der Waals surface area contributed by atoms with Gasteiger partial charge in [0.15, 0.2) is 12.2 Å². The van der Waals surface area contributed by atoms with Gasteiger partial charge >= 0.3 is 39.5 Å². The summed E-state index contributed by atoms with van der Waals surface area (Å²) >= 11 is 0. The van der Waals surface area contributed by atoms with Crippen molar-refractivity contribution in [3.05, 3.63) is 146 Å². The number of allylic oxidation sites excluding steroid dienone is 24. The van der Waals surface area contributed by atoms with Gasteiger partial charge in [-0.2, -0.15) is 0 Å². The van der Waals surface area contributed by atoms with Crippen LogP contribution >= 0.6 is 15.6 Å². The van der Waals surface area contributed by atoms with E-state index < -0.39 is 97.5 Å². The Morgan fingerprint density at radius 2 is 0.491 bits per heavy atom. The molecule has 0 saturated heterocycles. The predicted molar refractivity (Wildman–Crippen MR) is 436 cm³/mol. The van der Waals surface area contributed by atoms with Crippen molar-refractivity contribution in [3.63, 3.8) is 0 Å². The molecule has 5 atom stereocenters. The van der Waals surface area contributed by atoms with Gasteiger partial charge in [0.2, 0.25) is 0 Å². The van der Waals surface area contributed by atoms with Crippen LogP contribution in [0.5, 0.6) is 0 Å². The van der Waals surface area contributed by atoms with Crippen molar-refractivity contribution in [3.8, 4) is 0 Å². The van der Waals surface area contributed by atoms with Crippen LogP contribution in [-0.4, -0.2) is 96.7 Å². The molecular formula is C87H146O17P2. The zero-order valence-corrected chi connectivity index (χ0v) is 68.1. The molecule has 0 radical (unpaired) electrons. The molecule has 0 bridgehead atoms. The summed E-state index contributed by atoms with van der Waals surface area (Å²) in [7, 11) is -9.99. The van der Waals surface area contributed by atoms with Gasteiger partial charge in [0, 0.05) is 25.7 Å². The molecule has 0 saturated carbocycles. The number of carbonyl (C=O) groups excluding carboxylic acids is 4. The smallest absolute Gasteiger partial charge is 0.462 e. The third kappa shape index (κ3) is 77.1. The summed E-state index contributed by atoms with van der Waals surface area (Å²) in [6.45, 7) is 4.54. The number of unbranched alkanes of at least 4 members (excludes halogenated alkanes) is 26. The third-order valence-corrected chi connectivity index (χ3v) is 18.7. The molecular weight excluding hydrogens is 1380 g/mol. The molecule has 0 aliphatic carbocycles. The van der Waals surface area contributed by atoms with E-state index in [1.54, 1.807) is 0 Å². The van der Waals surface area contributed by atoms with Crippen LogP contribution in [0.25, 0.3) is 0 Å². The SMILES string of the molecule is CC/C=C\C/C=C\C/C=C\C/C=C\CCCCCCC(=O)OCC(COP(=O)(O)OCC(O)COP(=O)(O)OCC(COC(=O)CCCCCCCC/C=C\C/C=C\C/C=C\CCCCC)OC(=O)CCCCCC/C=C\C/C=C\C/C=C\C/C=C\CC)OC(=O)CCCCCCC/C=C\CCCCCC. The summed E-state index contributed by atoms with van der Waals surface area (Å²) in [5.74, 6) is -2.25. The third-order valence-electron chi connectivity index (χ3n) is 16.8. The molecule has 19 heteroatoms. The Hall–Kier alpha value is -5.06. The molecule has 0 fully saturated rings. The molecule has 0 aromatic heterocycles. The first-order chi connectivity index (χ1) is 51.7. The summed E-state index contributed by atoms with van der Waals surface area (Å²) in [5.41, 5.74) is 0. The topological polar surface area (TPSA) is 237 Å². The molecule has 5 unspecified atom stereocenters. The Labute approximate surface area is 643 Å². The molecule has 0 aliphatic rings. The second-order valence-corrected chi connectivity index (χ2v) is 29.8. The number of aliphatic hydroxyl groups is 1. The van der Waals surface area contributed by atoms with E-state index in [4.69, 9.17) is 37.0 Å². The first kappa shape index (κ1) is 101. The van der Waals surface area contributed by atoms with Crippen LogP contribution in [0.3, 0.4) is 0 Å². The van der Waals surface area contributed by atoms with E-state index in [1.165, 1.54) is 44.9 Å². The average molecular weight is 1530 g/mol. The van der Waals surface area contributed by atoms with Crippen molar-refractivity contribution >= 4 is 39.5 Å². The zero-order chi connectivity index (χ0) is 77.4. The lowest BCUT2D eigenvalue weighted by molar-refractivity contribution is -0.161. The van der Waals surface area contributed by atoms with Gasteiger partial charge in [-0.05, 0) is 167 Å². The number of phosphoric acid groups is 2. The molecule has 606 valence electrons. The first-order valence-electron chi connectivity index (χ1n) is 41.1. The molecule has 106 heavy (non-hydrogen) atoms. The van der Waals surface area contributed by atoms with Crippen molar-refractivity contribution in [2.45, 2.75) is 341 Å². The highest BCUT2D eigenvalue weighted by Gasteiger charge is 2.30. The average Bonchev–Trinajstić information content (AvgIpc) is 0.937.